The highest BCUT2D eigenvalue weighted by molar-refractivity contribution is 6.54. The molecule has 0 atom stereocenters. The van der Waals surface area contributed by atoms with Gasteiger partial charge in [-0.15, -0.1) is 0 Å². The summed E-state index contributed by atoms with van der Waals surface area (Å²) in [6, 6.07) is 32.2. The van der Waals surface area contributed by atoms with Crippen LogP contribution in [0, 0.1) is 0 Å². The van der Waals surface area contributed by atoms with Gasteiger partial charge in [-0.25, -0.2) is 0 Å². The van der Waals surface area contributed by atoms with Crippen molar-refractivity contribution in [2.75, 3.05) is 11.1 Å². The van der Waals surface area contributed by atoms with E-state index in [4.69, 9.17) is 0 Å². The molecule has 0 saturated carbocycles. The Morgan fingerprint density at radius 1 is 0.571 bits per heavy atom. The highest BCUT2D eigenvalue weighted by atomic mass is 28.2. The monoisotopic (exact) mass is 289 g/mol. The van der Waals surface area contributed by atoms with Crippen molar-refractivity contribution in [1.29, 1.82) is 0 Å². The van der Waals surface area contributed by atoms with Crippen molar-refractivity contribution in [3.05, 3.63) is 91.0 Å². The molecule has 0 fully saturated rings. The Kier molecular flexibility index (Phi) is 4.49. The SMILES string of the molecule is c1ccc([SiH2]CN(c2ccccc2)c2ccccc2)cc1. The summed E-state index contributed by atoms with van der Waals surface area (Å²) in [6.07, 6.45) is 1.11. The lowest BCUT2D eigenvalue weighted by molar-refractivity contribution is 1.16. The number of benzene rings is 3. The number of hydrogen-bond donors (Lipinski definition) is 0. The normalized spacial score (nSPS) is 10.9. The highest BCUT2D eigenvalue weighted by Crippen LogP contribution is 2.23. The molecule has 3 aromatic rings. The maximum atomic E-state index is 2.43. The Bertz CT molecular complexity index is 613. The van der Waals surface area contributed by atoms with Crippen molar-refractivity contribution >= 4 is 26.1 Å². The van der Waals surface area contributed by atoms with Crippen molar-refractivity contribution in [1.82, 2.24) is 0 Å². The van der Waals surface area contributed by atoms with Gasteiger partial charge in [0.1, 0.15) is 0 Å². The van der Waals surface area contributed by atoms with Gasteiger partial charge in [-0.1, -0.05) is 71.9 Å². The second-order valence-electron chi connectivity index (χ2n) is 5.06. The highest BCUT2D eigenvalue weighted by Gasteiger charge is 2.08. The van der Waals surface area contributed by atoms with Gasteiger partial charge in [0.05, 0.1) is 9.52 Å². The Hall–Kier alpha value is -2.32. The van der Waals surface area contributed by atoms with Gasteiger partial charge in [0, 0.05) is 17.5 Å². The molecule has 0 aliphatic carbocycles. The molecular formula is C19H19NSi. The topological polar surface area (TPSA) is 3.24 Å². The zero-order valence-electron chi connectivity index (χ0n) is 12.0. The van der Waals surface area contributed by atoms with Crippen LogP contribution in [0.3, 0.4) is 0 Å². The number of para-hydroxylation sites is 2. The molecule has 3 rings (SSSR count). The zero-order valence-corrected chi connectivity index (χ0v) is 13.4. The van der Waals surface area contributed by atoms with Crippen molar-refractivity contribution in [3.8, 4) is 0 Å². The van der Waals surface area contributed by atoms with E-state index in [9.17, 15) is 0 Å². The van der Waals surface area contributed by atoms with Crippen molar-refractivity contribution < 1.29 is 0 Å². The van der Waals surface area contributed by atoms with E-state index in [0.717, 1.165) is 6.17 Å². The van der Waals surface area contributed by atoms with E-state index in [1.54, 1.807) is 0 Å². The van der Waals surface area contributed by atoms with Gasteiger partial charge in [-0.2, -0.15) is 0 Å². The molecule has 0 aliphatic rings. The number of rotatable bonds is 5. The molecule has 0 bridgehead atoms. The molecule has 2 heteroatoms. The maximum absolute atomic E-state index is 2.43. The van der Waals surface area contributed by atoms with Crippen LogP contribution >= 0.6 is 0 Å². The summed E-state index contributed by atoms with van der Waals surface area (Å²) in [5, 5.41) is 1.51. The van der Waals surface area contributed by atoms with E-state index in [2.05, 4.69) is 95.9 Å². The third-order valence-corrected chi connectivity index (χ3v) is 5.32. The molecule has 1 nitrogen and oxygen atoms in total. The minimum Gasteiger partial charge on any atom is -0.345 e. The summed E-state index contributed by atoms with van der Waals surface area (Å²) in [7, 11) is -0.321. The smallest absolute Gasteiger partial charge is 0.0775 e. The molecule has 104 valence electrons. The van der Waals surface area contributed by atoms with Crippen molar-refractivity contribution in [3.63, 3.8) is 0 Å². The predicted molar refractivity (Wildman–Crippen MR) is 94.5 cm³/mol. The van der Waals surface area contributed by atoms with E-state index in [1.165, 1.54) is 16.6 Å². The van der Waals surface area contributed by atoms with Gasteiger partial charge < -0.3 is 4.90 Å². The van der Waals surface area contributed by atoms with Crippen LogP contribution in [0.1, 0.15) is 0 Å². The molecule has 0 radical (unpaired) electrons. The number of hydrogen-bond acceptors (Lipinski definition) is 1. The molecule has 3 aromatic carbocycles. The number of nitrogens with zero attached hydrogens (tertiary/aromatic N) is 1. The van der Waals surface area contributed by atoms with E-state index in [0.29, 0.717) is 0 Å². The second kappa shape index (κ2) is 6.91. The Labute approximate surface area is 128 Å². The first kappa shape index (κ1) is 13.7. The lowest BCUT2D eigenvalue weighted by atomic mass is 10.2. The number of anilines is 2. The van der Waals surface area contributed by atoms with Gasteiger partial charge in [-0.3, -0.25) is 0 Å². The quantitative estimate of drug-likeness (QED) is 0.652. The maximum Gasteiger partial charge on any atom is 0.0775 e. The van der Waals surface area contributed by atoms with Gasteiger partial charge in [0.2, 0.25) is 0 Å². The van der Waals surface area contributed by atoms with E-state index in [-0.39, 0.29) is 9.52 Å². The standard InChI is InChI=1S/C19H19NSi/c1-4-10-17(11-5-1)20(18-12-6-2-7-13-18)16-21-19-14-8-3-9-15-19/h1-15H,16,21H2. The molecule has 0 N–H and O–H groups in total. The summed E-state index contributed by atoms with van der Waals surface area (Å²) in [6.45, 7) is 0. The molecule has 0 spiro atoms. The van der Waals surface area contributed by atoms with E-state index >= 15 is 0 Å². The van der Waals surface area contributed by atoms with Crippen molar-refractivity contribution in [2.45, 2.75) is 0 Å². The zero-order chi connectivity index (χ0) is 14.3. The summed E-state index contributed by atoms with van der Waals surface area (Å²) < 4.78 is 0. The molecule has 0 unspecified atom stereocenters. The minimum atomic E-state index is -0.321. The first-order chi connectivity index (χ1) is 10.4. The van der Waals surface area contributed by atoms with Gasteiger partial charge in [-0.05, 0) is 24.3 Å². The van der Waals surface area contributed by atoms with Crippen LogP contribution in [0.15, 0.2) is 91.0 Å². The van der Waals surface area contributed by atoms with Gasteiger partial charge >= 0.3 is 0 Å². The van der Waals surface area contributed by atoms with Gasteiger partial charge in [0.25, 0.3) is 0 Å². The van der Waals surface area contributed by atoms with Crippen LogP contribution in [0.25, 0.3) is 0 Å². The fourth-order valence-electron chi connectivity index (χ4n) is 2.51. The summed E-state index contributed by atoms with van der Waals surface area (Å²) >= 11 is 0. The van der Waals surface area contributed by atoms with Crippen LogP contribution in [-0.2, 0) is 0 Å². The molecule has 0 aromatic heterocycles. The second-order valence-corrected chi connectivity index (χ2v) is 6.82. The van der Waals surface area contributed by atoms with Crippen LogP contribution in [0.4, 0.5) is 11.4 Å². The predicted octanol–water partition coefficient (Wildman–Crippen LogP) is 3.28. The van der Waals surface area contributed by atoms with Crippen molar-refractivity contribution in [2.24, 2.45) is 0 Å². The third-order valence-electron chi connectivity index (χ3n) is 3.60. The molecule has 21 heavy (non-hydrogen) atoms. The average molecular weight is 289 g/mol. The molecule has 0 heterocycles. The summed E-state index contributed by atoms with van der Waals surface area (Å²) in [5.41, 5.74) is 2.54. The first-order valence-corrected chi connectivity index (χ1v) is 9.06. The van der Waals surface area contributed by atoms with E-state index < -0.39 is 0 Å². The van der Waals surface area contributed by atoms with Crippen LogP contribution < -0.4 is 10.1 Å². The Morgan fingerprint density at radius 2 is 1.00 bits per heavy atom. The average Bonchev–Trinajstić information content (AvgIpc) is 2.58. The molecule has 0 saturated heterocycles. The van der Waals surface area contributed by atoms with Crippen LogP contribution in [-0.4, -0.2) is 15.7 Å². The molecule has 0 amide bonds. The van der Waals surface area contributed by atoms with E-state index in [1.807, 2.05) is 0 Å². The first-order valence-electron chi connectivity index (χ1n) is 7.35. The largest absolute Gasteiger partial charge is 0.345 e. The fraction of sp³-hybridized carbons (Fsp3) is 0.0526. The van der Waals surface area contributed by atoms with Crippen LogP contribution in [0.2, 0.25) is 0 Å². The Morgan fingerprint density at radius 3 is 1.48 bits per heavy atom. The third kappa shape index (κ3) is 3.61. The lowest BCUT2D eigenvalue weighted by Crippen LogP contribution is -2.29. The summed E-state index contributed by atoms with van der Waals surface area (Å²) in [4.78, 5) is 2.43. The Balaban J connectivity index is 1.83. The minimum absolute atomic E-state index is 0.321. The lowest BCUT2D eigenvalue weighted by Gasteiger charge is -2.25. The summed E-state index contributed by atoms with van der Waals surface area (Å²) in [5.74, 6) is 0. The molecule has 0 aliphatic heterocycles. The fourth-order valence-corrected chi connectivity index (χ4v) is 4.11. The van der Waals surface area contributed by atoms with Gasteiger partial charge in [0.15, 0.2) is 0 Å². The molecular weight excluding hydrogens is 270 g/mol. The van der Waals surface area contributed by atoms with Crippen LogP contribution in [0.5, 0.6) is 0 Å².